The van der Waals surface area contributed by atoms with Gasteiger partial charge in [-0.25, -0.2) is 0 Å². The second-order valence-corrected chi connectivity index (χ2v) is 4.11. The number of carbonyl (C=O) groups excluding carboxylic acids is 1. The number of hydrogen-bond donors (Lipinski definition) is 1. The molecule has 0 aromatic rings. The van der Waals surface area contributed by atoms with Gasteiger partial charge in [0.15, 0.2) is 0 Å². The molecule has 0 aromatic carbocycles. The number of carbonyl (C=O) groups is 1. The fourth-order valence-electron chi connectivity index (χ4n) is 1.60. The molecule has 0 atom stereocenters. The normalized spacial score (nSPS) is 11.7. The van der Waals surface area contributed by atoms with Crippen molar-refractivity contribution in [2.24, 2.45) is 11.1 Å². The van der Waals surface area contributed by atoms with Crippen molar-refractivity contribution in [1.82, 2.24) is 0 Å². The van der Waals surface area contributed by atoms with E-state index < -0.39 is 5.41 Å². The maximum absolute atomic E-state index is 11.3. The van der Waals surface area contributed by atoms with Crippen LogP contribution in [-0.4, -0.2) is 19.1 Å². The van der Waals surface area contributed by atoms with Crippen molar-refractivity contribution >= 4 is 5.91 Å². The summed E-state index contributed by atoms with van der Waals surface area (Å²) in [7, 11) is 0. The van der Waals surface area contributed by atoms with Gasteiger partial charge >= 0.3 is 0 Å². The summed E-state index contributed by atoms with van der Waals surface area (Å²) in [4.78, 5) is 11.3. The number of hydrogen-bond acceptors (Lipinski definition) is 2. The van der Waals surface area contributed by atoms with Gasteiger partial charge in [-0.05, 0) is 19.3 Å². The largest absolute Gasteiger partial charge is 0.380 e. The Labute approximate surface area is 93.4 Å². The average Bonchev–Trinajstić information content (AvgIpc) is 2.23. The van der Waals surface area contributed by atoms with Crippen LogP contribution in [0, 0.1) is 5.41 Å². The van der Waals surface area contributed by atoms with Crippen molar-refractivity contribution in [3.8, 4) is 0 Å². The molecule has 0 spiro atoms. The van der Waals surface area contributed by atoms with Crippen LogP contribution in [0.25, 0.3) is 0 Å². The van der Waals surface area contributed by atoms with Gasteiger partial charge in [0, 0.05) is 6.61 Å². The first-order chi connectivity index (χ1) is 7.13. The highest BCUT2D eigenvalue weighted by Crippen LogP contribution is 2.26. The van der Waals surface area contributed by atoms with E-state index in [4.69, 9.17) is 10.5 Å². The summed E-state index contributed by atoms with van der Waals surface area (Å²) in [5, 5.41) is 0. The van der Waals surface area contributed by atoms with Crippen LogP contribution in [0.3, 0.4) is 0 Å². The van der Waals surface area contributed by atoms with Crippen molar-refractivity contribution in [3.05, 3.63) is 0 Å². The number of ether oxygens (including phenoxy) is 1. The third-order valence-electron chi connectivity index (χ3n) is 3.15. The Balaban J connectivity index is 3.91. The summed E-state index contributed by atoms with van der Waals surface area (Å²) < 4.78 is 5.54. The number of primary amides is 1. The molecule has 90 valence electrons. The number of amides is 1. The van der Waals surface area contributed by atoms with E-state index in [0.717, 1.165) is 25.9 Å². The maximum Gasteiger partial charge on any atom is 0.225 e. The Morgan fingerprint density at radius 2 is 1.80 bits per heavy atom. The Morgan fingerprint density at radius 1 is 1.20 bits per heavy atom. The van der Waals surface area contributed by atoms with E-state index in [1.807, 2.05) is 13.8 Å². The SMILES string of the molecule is CCCCCOCC(CC)(CC)C(N)=O. The van der Waals surface area contributed by atoms with Gasteiger partial charge in [0.2, 0.25) is 5.91 Å². The first-order valence-electron chi connectivity index (χ1n) is 6.00. The standard InChI is InChI=1S/C12H25NO2/c1-4-7-8-9-15-10-12(5-2,6-3)11(13)14/h4-10H2,1-3H3,(H2,13,14). The van der Waals surface area contributed by atoms with E-state index >= 15 is 0 Å². The average molecular weight is 215 g/mol. The molecule has 0 unspecified atom stereocenters. The minimum Gasteiger partial charge on any atom is -0.380 e. The second kappa shape index (κ2) is 7.69. The van der Waals surface area contributed by atoms with Crippen LogP contribution in [0.15, 0.2) is 0 Å². The zero-order chi connectivity index (χ0) is 11.7. The molecular weight excluding hydrogens is 190 g/mol. The Morgan fingerprint density at radius 3 is 2.20 bits per heavy atom. The summed E-state index contributed by atoms with van der Waals surface area (Å²) >= 11 is 0. The molecule has 0 aliphatic heterocycles. The molecule has 0 aromatic heterocycles. The molecule has 1 amide bonds. The van der Waals surface area contributed by atoms with Crippen molar-refractivity contribution in [1.29, 1.82) is 0 Å². The molecular formula is C12H25NO2. The minimum atomic E-state index is -0.452. The number of unbranched alkanes of at least 4 members (excludes halogenated alkanes) is 2. The quantitative estimate of drug-likeness (QED) is 0.601. The molecule has 0 bridgehead atoms. The van der Waals surface area contributed by atoms with E-state index in [-0.39, 0.29) is 5.91 Å². The molecule has 0 saturated heterocycles. The highest BCUT2D eigenvalue weighted by molar-refractivity contribution is 5.80. The fourth-order valence-corrected chi connectivity index (χ4v) is 1.60. The fraction of sp³-hybridized carbons (Fsp3) is 0.917. The molecule has 0 saturated carbocycles. The Kier molecular flexibility index (Phi) is 7.39. The van der Waals surface area contributed by atoms with Crippen LogP contribution in [0.5, 0.6) is 0 Å². The summed E-state index contributed by atoms with van der Waals surface area (Å²) in [5.74, 6) is -0.233. The summed E-state index contributed by atoms with van der Waals surface area (Å²) in [6.07, 6.45) is 4.95. The van der Waals surface area contributed by atoms with Crippen LogP contribution in [0.2, 0.25) is 0 Å². The third kappa shape index (κ3) is 4.65. The van der Waals surface area contributed by atoms with Crippen molar-refractivity contribution in [3.63, 3.8) is 0 Å². The molecule has 3 heteroatoms. The zero-order valence-electron chi connectivity index (χ0n) is 10.3. The van der Waals surface area contributed by atoms with Crippen LogP contribution in [0.1, 0.15) is 52.9 Å². The zero-order valence-corrected chi connectivity index (χ0v) is 10.3. The lowest BCUT2D eigenvalue weighted by atomic mass is 9.82. The summed E-state index contributed by atoms with van der Waals surface area (Å²) in [6.45, 7) is 7.35. The lowest BCUT2D eigenvalue weighted by molar-refractivity contribution is -0.132. The molecule has 0 fully saturated rings. The molecule has 0 radical (unpaired) electrons. The molecule has 0 aliphatic rings. The van der Waals surface area contributed by atoms with Crippen molar-refractivity contribution < 1.29 is 9.53 Å². The first kappa shape index (κ1) is 14.4. The minimum absolute atomic E-state index is 0.233. The first-order valence-corrected chi connectivity index (χ1v) is 6.00. The van der Waals surface area contributed by atoms with Gasteiger partial charge in [0.1, 0.15) is 0 Å². The van der Waals surface area contributed by atoms with Crippen LogP contribution >= 0.6 is 0 Å². The van der Waals surface area contributed by atoms with Gasteiger partial charge < -0.3 is 10.5 Å². The van der Waals surface area contributed by atoms with Crippen molar-refractivity contribution in [2.45, 2.75) is 52.9 Å². The smallest absolute Gasteiger partial charge is 0.225 e. The third-order valence-corrected chi connectivity index (χ3v) is 3.15. The van der Waals surface area contributed by atoms with Gasteiger partial charge in [0.05, 0.1) is 12.0 Å². The Hall–Kier alpha value is -0.570. The summed E-state index contributed by atoms with van der Waals surface area (Å²) in [6, 6.07) is 0. The number of nitrogens with two attached hydrogens (primary N) is 1. The van der Waals surface area contributed by atoms with Crippen LogP contribution < -0.4 is 5.73 Å². The van der Waals surface area contributed by atoms with E-state index in [0.29, 0.717) is 6.61 Å². The van der Waals surface area contributed by atoms with Crippen molar-refractivity contribution in [2.75, 3.05) is 13.2 Å². The highest BCUT2D eigenvalue weighted by Gasteiger charge is 2.32. The number of rotatable bonds is 9. The summed E-state index contributed by atoms with van der Waals surface area (Å²) in [5.41, 5.74) is 4.96. The predicted molar refractivity (Wildman–Crippen MR) is 62.6 cm³/mol. The van der Waals surface area contributed by atoms with Gasteiger partial charge in [-0.15, -0.1) is 0 Å². The Bertz CT molecular complexity index is 176. The lowest BCUT2D eigenvalue weighted by Crippen LogP contribution is -2.40. The van der Waals surface area contributed by atoms with Gasteiger partial charge in [0.25, 0.3) is 0 Å². The topological polar surface area (TPSA) is 52.3 Å². The van der Waals surface area contributed by atoms with E-state index in [1.54, 1.807) is 0 Å². The molecule has 0 aliphatic carbocycles. The molecule has 3 nitrogen and oxygen atoms in total. The van der Waals surface area contributed by atoms with Gasteiger partial charge in [-0.2, -0.15) is 0 Å². The van der Waals surface area contributed by atoms with Crippen LogP contribution in [-0.2, 0) is 9.53 Å². The second-order valence-electron chi connectivity index (χ2n) is 4.11. The van der Waals surface area contributed by atoms with Gasteiger partial charge in [-0.1, -0.05) is 33.6 Å². The highest BCUT2D eigenvalue weighted by atomic mass is 16.5. The predicted octanol–water partition coefficient (Wildman–Crippen LogP) is 2.48. The van der Waals surface area contributed by atoms with E-state index in [2.05, 4.69) is 6.92 Å². The lowest BCUT2D eigenvalue weighted by Gasteiger charge is -2.27. The van der Waals surface area contributed by atoms with Crippen LogP contribution in [0.4, 0.5) is 0 Å². The van der Waals surface area contributed by atoms with E-state index in [9.17, 15) is 4.79 Å². The molecule has 0 heterocycles. The molecule has 0 rings (SSSR count). The van der Waals surface area contributed by atoms with E-state index in [1.165, 1.54) is 12.8 Å². The van der Waals surface area contributed by atoms with Gasteiger partial charge in [-0.3, -0.25) is 4.79 Å². The monoisotopic (exact) mass is 215 g/mol. The maximum atomic E-state index is 11.3. The molecule has 15 heavy (non-hydrogen) atoms. The molecule has 2 N–H and O–H groups in total.